The molecule has 0 N–H and O–H groups in total. The summed E-state index contributed by atoms with van der Waals surface area (Å²) in [5, 5.41) is 8.87. The highest BCUT2D eigenvalue weighted by atomic mass is 19.1. The van der Waals surface area contributed by atoms with E-state index in [0.717, 1.165) is 29.5 Å². The molecule has 0 aromatic heterocycles. The Bertz CT molecular complexity index is 889. The standard InChI is InChI=1S/C22H18FN/c1-2-5-18-6-3-4-7-20(18)21-13-12-19(14-22(21)23)17-10-8-16(15-24)9-11-17/h3-4,6-14H,2,5H2,1H3. The average Bonchev–Trinajstić information content (AvgIpc) is 2.63. The van der Waals surface area contributed by atoms with Crippen LogP contribution in [0.3, 0.4) is 0 Å². The molecule has 0 aliphatic heterocycles. The molecule has 0 heterocycles. The van der Waals surface area contributed by atoms with Crippen molar-refractivity contribution in [1.82, 2.24) is 0 Å². The minimum atomic E-state index is -0.222. The number of hydrogen-bond donors (Lipinski definition) is 0. The van der Waals surface area contributed by atoms with Crippen molar-refractivity contribution in [2.45, 2.75) is 19.8 Å². The Kier molecular flexibility index (Phi) is 4.72. The highest BCUT2D eigenvalue weighted by molar-refractivity contribution is 5.73. The number of nitriles is 1. The van der Waals surface area contributed by atoms with Crippen molar-refractivity contribution in [3.63, 3.8) is 0 Å². The molecule has 3 aromatic rings. The molecule has 0 aliphatic carbocycles. The van der Waals surface area contributed by atoms with Gasteiger partial charge in [-0.3, -0.25) is 0 Å². The smallest absolute Gasteiger partial charge is 0.131 e. The zero-order valence-electron chi connectivity index (χ0n) is 13.6. The Balaban J connectivity index is 2.00. The lowest BCUT2D eigenvalue weighted by Crippen LogP contribution is -1.92. The summed E-state index contributed by atoms with van der Waals surface area (Å²) in [4.78, 5) is 0. The van der Waals surface area contributed by atoms with Gasteiger partial charge in [0.2, 0.25) is 0 Å². The lowest BCUT2D eigenvalue weighted by molar-refractivity contribution is 0.631. The van der Waals surface area contributed by atoms with Gasteiger partial charge in [0.15, 0.2) is 0 Å². The summed E-state index contributed by atoms with van der Waals surface area (Å²) in [7, 11) is 0. The summed E-state index contributed by atoms with van der Waals surface area (Å²) >= 11 is 0. The molecule has 0 fully saturated rings. The summed E-state index contributed by atoms with van der Waals surface area (Å²) in [6.45, 7) is 2.13. The van der Waals surface area contributed by atoms with Crippen molar-refractivity contribution in [1.29, 1.82) is 5.26 Å². The predicted molar refractivity (Wildman–Crippen MR) is 96.0 cm³/mol. The number of aryl methyl sites for hydroxylation is 1. The van der Waals surface area contributed by atoms with Crippen molar-refractivity contribution in [2.75, 3.05) is 0 Å². The Morgan fingerprint density at radius 2 is 1.58 bits per heavy atom. The molecule has 118 valence electrons. The topological polar surface area (TPSA) is 23.8 Å². The molecule has 0 unspecified atom stereocenters. The molecule has 0 aliphatic rings. The van der Waals surface area contributed by atoms with Gasteiger partial charge in [-0.15, -0.1) is 0 Å². The first-order valence-electron chi connectivity index (χ1n) is 8.11. The molecule has 1 nitrogen and oxygen atoms in total. The van der Waals surface area contributed by atoms with Crippen LogP contribution in [0, 0.1) is 17.1 Å². The molecule has 0 saturated heterocycles. The van der Waals surface area contributed by atoms with Gasteiger partial charge in [0.05, 0.1) is 11.6 Å². The Morgan fingerprint density at radius 1 is 0.875 bits per heavy atom. The first kappa shape index (κ1) is 16.0. The SMILES string of the molecule is CCCc1ccccc1-c1ccc(-c2ccc(C#N)cc2)cc1F. The minimum absolute atomic E-state index is 0.222. The average molecular weight is 315 g/mol. The van der Waals surface area contributed by atoms with Gasteiger partial charge < -0.3 is 0 Å². The minimum Gasteiger partial charge on any atom is -0.206 e. The number of halogens is 1. The number of benzene rings is 3. The Morgan fingerprint density at radius 3 is 2.25 bits per heavy atom. The monoisotopic (exact) mass is 315 g/mol. The molecule has 3 rings (SSSR count). The zero-order valence-corrected chi connectivity index (χ0v) is 13.6. The maximum atomic E-state index is 14.7. The van der Waals surface area contributed by atoms with Crippen molar-refractivity contribution in [3.05, 3.63) is 83.7 Å². The third-order valence-electron chi connectivity index (χ3n) is 4.14. The van der Waals surface area contributed by atoms with E-state index >= 15 is 0 Å². The lowest BCUT2D eigenvalue weighted by Gasteiger charge is -2.11. The maximum Gasteiger partial charge on any atom is 0.131 e. The van der Waals surface area contributed by atoms with Gasteiger partial charge in [-0.05, 0) is 46.9 Å². The summed E-state index contributed by atoms with van der Waals surface area (Å²) < 4.78 is 14.7. The summed E-state index contributed by atoms with van der Waals surface area (Å²) in [6.07, 6.45) is 1.97. The van der Waals surface area contributed by atoms with Crippen molar-refractivity contribution in [2.24, 2.45) is 0 Å². The summed E-state index contributed by atoms with van der Waals surface area (Å²) in [5.74, 6) is -0.222. The number of hydrogen-bond acceptors (Lipinski definition) is 1. The van der Waals surface area contributed by atoms with E-state index in [-0.39, 0.29) is 5.82 Å². The van der Waals surface area contributed by atoms with Gasteiger partial charge in [0.1, 0.15) is 5.82 Å². The number of nitrogens with zero attached hydrogens (tertiary/aromatic N) is 1. The molecule has 0 bridgehead atoms. The molecule has 24 heavy (non-hydrogen) atoms. The second-order valence-corrected chi connectivity index (χ2v) is 5.79. The van der Waals surface area contributed by atoms with Crippen LogP contribution in [0.25, 0.3) is 22.3 Å². The molecule has 0 spiro atoms. The fourth-order valence-electron chi connectivity index (χ4n) is 2.92. The van der Waals surface area contributed by atoms with Crippen LogP contribution in [0.2, 0.25) is 0 Å². The second-order valence-electron chi connectivity index (χ2n) is 5.79. The highest BCUT2D eigenvalue weighted by Gasteiger charge is 2.10. The first-order chi connectivity index (χ1) is 11.7. The van der Waals surface area contributed by atoms with E-state index in [1.165, 1.54) is 5.56 Å². The lowest BCUT2D eigenvalue weighted by atomic mass is 9.94. The van der Waals surface area contributed by atoms with Crippen LogP contribution in [0.1, 0.15) is 24.5 Å². The molecule has 2 heteroatoms. The van der Waals surface area contributed by atoms with E-state index in [1.54, 1.807) is 18.2 Å². The molecular formula is C22H18FN. The predicted octanol–water partition coefficient (Wildman–Crippen LogP) is 5.98. The van der Waals surface area contributed by atoms with E-state index in [9.17, 15) is 4.39 Å². The van der Waals surface area contributed by atoms with E-state index in [2.05, 4.69) is 19.1 Å². The molecule has 0 radical (unpaired) electrons. The van der Waals surface area contributed by atoms with Crippen LogP contribution in [0.5, 0.6) is 0 Å². The third-order valence-corrected chi connectivity index (χ3v) is 4.14. The second kappa shape index (κ2) is 7.10. The molecule has 0 atom stereocenters. The van der Waals surface area contributed by atoms with Crippen LogP contribution in [-0.2, 0) is 6.42 Å². The van der Waals surface area contributed by atoms with Crippen LogP contribution in [0.4, 0.5) is 4.39 Å². The van der Waals surface area contributed by atoms with Gasteiger partial charge in [-0.1, -0.05) is 61.9 Å². The molecule has 0 amide bonds. The van der Waals surface area contributed by atoms with Gasteiger partial charge in [0.25, 0.3) is 0 Å². The largest absolute Gasteiger partial charge is 0.206 e. The van der Waals surface area contributed by atoms with E-state index in [1.807, 2.05) is 42.5 Å². The van der Waals surface area contributed by atoms with Crippen molar-refractivity contribution >= 4 is 0 Å². The van der Waals surface area contributed by atoms with Crippen LogP contribution < -0.4 is 0 Å². The summed E-state index contributed by atoms with van der Waals surface area (Å²) in [6, 6.07) is 22.6. The third kappa shape index (κ3) is 3.21. The molecular weight excluding hydrogens is 297 g/mol. The maximum absolute atomic E-state index is 14.7. The van der Waals surface area contributed by atoms with E-state index in [0.29, 0.717) is 11.1 Å². The van der Waals surface area contributed by atoms with E-state index in [4.69, 9.17) is 5.26 Å². The quantitative estimate of drug-likeness (QED) is 0.580. The fourth-order valence-corrected chi connectivity index (χ4v) is 2.92. The van der Waals surface area contributed by atoms with Gasteiger partial charge in [-0.25, -0.2) is 4.39 Å². The van der Waals surface area contributed by atoms with E-state index < -0.39 is 0 Å². The van der Waals surface area contributed by atoms with Gasteiger partial charge in [0, 0.05) is 5.56 Å². The van der Waals surface area contributed by atoms with Crippen molar-refractivity contribution < 1.29 is 4.39 Å². The summed E-state index contributed by atoms with van der Waals surface area (Å²) in [5.41, 5.74) is 5.09. The Hall–Kier alpha value is -2.92. The fraction of sp³-hybridized carbons (Fsp3) is 0.136. The van der Waals surface area contributed by atoms with Gasteiger partial charge >= 0.3 is 0 Å². The molecule has 0 saturated carbocycles. The van der Waals surface area contributed by atoms with Crippen LogP contribution in [-0.4, -0.2) is 0 Å². The van der Waals surface area contributed by atoms with Gasteiger partial charge in [-0.2, -0.15) is 5.26 Å². The van der Waals surface area contributed by atoms with Crippen LogP contribution >= 0.6 is 0 Å². The first-order valence-corrected chi connectivity index (χ1v) is 8.11. The highest BCUT2D eigenvalue weighted by Crippen LogP contribution is 2.30. The number of rotatable bonds is 4. The Labute approximate surface area is 142 Å². The van der Waals surface area contributed by atoms with Crippen LogP contribution in [0.15, 0.2) is 66.7 Å². The zero-order chi connectivity index (χ0) is 16.9. The van der Waals surface area contributed by atoms with Crippen molar-refractivity contribution in [3.8, 4) is 28.3 Å². The normalized spacial score (nSPS) is 10.4. The molecule has 3 aromatic carbocycles.